The van der Waals surface area contributed by atoms with Crippen molar-refractivity contribution in [2.24, 2.45) is 11.8 Å². The van der Waals surface area contributed by atoms with Crippen molar-refractivity contribution in [3.8, 4) is 22.6 Å². The lowest BCUT2D eigenvalue weighted by molar-refractivity contribution is 0.101. The van der Waals surface area contributed by atoms with Gasteiger partial charge in [0, 0.05) is 20.3 Å². The molecule has 0 heterocycles. The molecular formula is C38H42Br2N2O4. The van der Waals surface area contributed by atoms with Crippen molar-refractivity contribution in [1.82, 2.24) is 0 Å². The van der Waals surface area contributed by atoms with Crippen LogP contribution in [0.5, 0.6) is 11.5 Å². The molecule has 0 aliphatic heterocycles. The van der Waals surface area contributed by atoms with Crippen LogP contribution in [0.3, 0.4) is 0 Å². The molecule has 4 aromatic carbocycles. The molecule has 0 saturated heterocycles. The fourth-order valence-corrected chi connectivity index (χ4v) is 5.49. The average molecular weight is 751 g/mol. The second-order valence-corrected chi connectivity index (χ2v) is 14.1. The Morgan fingerprint density at radius 2 is 1.00 bits per heavy atom. The molecule has 6 nitrogen and oxygen atoms in total. The SMILES string of the molecule is Cc1cc(-c2ccc(NC(=O)c3cc(Br)ccc3OCCC(C)C)c(C)c2)ccc1NC(=O)c1cc(Br)ccc1OCCC(C)C. The van der Waals surface area contributed by atoms with Gasteiger partial charge in [-0.2, -0.15) is 0 Å². The van der Waals surface area contributed by atoms with E-state index in [1.54, 1.807) is 12.1 Å². The van der Waals surface area contributed by atoms with Crippen LogP contribution in [0.25, 0.3) is 11.1 Å². The standard InChI is InChI=1S/C38H42Br2N2O4/c1-23(2)15-17-45-35-13-9-29(39)21-31(35)37(43)41-33-11-7-27(19-25(33)5)28-8-12-34(26(6)20-28)42-38(44)32-22-30(40)10-14-36(32)46-18-16-24(3)4/h7-14,19-24H,15-18H2,1-6H3,(H,41,43)(H,42,44). The Balaban J connectivity index is 1.47. The highest BCUT2D eigenvalue weighted by atomic mass is 79.9. The van der Waals surface area contributed by atoms with Gasteiger partial charge in [-0.05, 0) is 121 Å². The van der Waals surface area contributed by atoms with Gasteiger partial charge in [-0.25, -0.2) is 0 Å². The molecule has 0 saturated carbocycles. The van der Waals surface area contributed by atoms with Crippen LogP contribution in [0.15, 0.2) is 81.7 Å². The first-order valence-corrected chi connectivity index (χ1v) is 17.2. The summed E-state index contributed by atoms with van der Waals surface area (Å²) in [5, 5.41) is 6.11. The summed E-state index contributed by atoms with van der Waals surface area (Å²) in [5.41, 5.74) is 6.27. The van der Waals surface area contributed by atoms with E-state index in [0.29, 0.717) is 47.7 Å². The lowest BCUT2D eigenvalue weighted by atomic mass is 9.99. The Morgan fingerprint density at radius 1 is 0.609 bits per heavy atom. The Bertz CT molecular complexity index is 1580. The van der Waals surface area contributed by atoms with Gasteiger partial charge in [0.1, 0.15) is 11.5 Å². The highest BCUT2D eigenvalue weighted by Crippen LogP contribution is 2.31. The summed E-state index contributed by atoms with van der Waals surface area (Å²) in [6, 6.07) is 22.9. The Kier molecular flexibility index (Phi) is 12.5. The number of halogens is 2. The monoisotopic (exact) mass is 748 g/mol. The summed E-state index contributed by atoms with van der Waals surface area (Å²) in [4.78, 5) is 26.7. The number of hydrogen-bond acceptors (Lipinski definition) is 4. The van der Waals surface area contributed by atoms with Crippen molar-refractivity contribution >= 4 is 55.0 Å². The van der Waals surface area contributed by atoms with Crippen LogP contribution in [0.2, 0.25) is 0 Å². The van der Waals surface area contributed by atoms with Crippen molar-refractivity contribution in [1.29, 1.82) is 0 Å². The van der Waals surface area contributed by atoms with Crippen molar-refractivity contribution < 1.29 is 19.1 Å². The van der Waals surface area contributed by atoms with E-state index in [9.17, 15) is 9.59 Å². The molecule has 46 heavy (non-hydrogen) atoms. The summed E-state index contributed by atoms with van der Waals surface area (Å²) in [5.74, 6) is 1.69. The lowest BCUT2D eigenvalue weighted by Gasteiger charge is -2.16. The van der Waals surface area contributed by atoms with Crippen LogP contribution < -0.4 is 20.1 Å². The Labute approximate surface area is 289 Å². The molecule has 0 spiro atoms. The van der Waals surface area contributed by atoms with E-state index in [1.165, 1.54) is 0 Å². The van der Waals surface area contributed by atoms with Crippen LogP contribution in [0.4, 0.5) is 11.4 Å². The summed E-state index contributed by atoms with van der Waals surface area (Å²) >= 11 is 6.96. The third-order valence-electron chi connectivity index (χ3n) is 7.56. The predicted molar refractivity (Wildman–Crippen MR) is 195 cm³/mol. The van der Waals surface area contributed by atoms with Gasteiger partial charge in [0.2, 0.25) is 0 Å². The third-order valence-corrected chi connectivity index (χ3v) is 8.55. The van der Waals surface area contributed by atoms with Gasteiger partial charge < -0.3 is 20.1 Å². The van der Waals surface area contributed by atoms with Crippen LogP contribution in [-0.2, 0) is 0 Å². The fourth-order valence-electron chi connectivity index (χ4n) is 4.77. The highest BCUT2D eigenvalue weighted by Gasteiger charge is 2.17. The van der Waals surface area contributed by atoms with Gasteiger partial charge in [-0.1, -0.05) is 71.7 Å². The van der Waals surface area contributed by atoms with E-state index in [2.05, 4.69) is 70.2 Å². The molecule has 0 aliphatic carbocycles. The summed E-state index contributed by atoms with van der Waals surface area (Å²) in [7, 11) is 0. The molecule has 0 aromatic heterocycles. The molecule has 2 N–H and O–H groups in total. The summed E-state index contributed by atoms with van der Waals surface area (Å²) in [6.07, 6.45) is 1.81. The van der Waals surface area contributed by atoms with Gasteiger partial charge in [0.25, 0.3) is 11.8 Å². The molecule has 0 radical (unpaired) electrons. The first-order valence-electron chi connectivity index (χ1n) is 15.6. The van der Waals surface area contributed by atoms with Crippen molar-refractivity contribution in [2.75, 3.05) is 23.8 Å². The van der Waals surface area contributed by atoms with Crippen LogP contribution >= 0.6 is 31.9 Å². The second kappa shape index (κ2) is 16.3. The largest absolute Gasteiger partial charge is 0.493 e. The van der Waals surface area contributed by atoms with Crippen molar-refractivity contribution in [2.45, 2.75) is 54.4 Å². The van der Waals surface area contributed by atoms with Gasteiger partial charge in [0.15, 0.2) is 0 Å². The lowest BCUT2D eigenvalue weighted by Crippen LogP contribution is -2.15. The summed E-state index contributed by atoms with van der Waals surface area (Å²) < 4.78 is 13.5. The maximum Gasteiger partial charge on any atom is 0.259 e. The zero-order chi connectivity index (χ0) is 33.4. The van der Waals surface area contributed by atoms with Gasteiger partial charge in [0.05, 0.1) is 24.3 Å². The molecule has 0 unspecified atom stereocenters. The van der Waals surface area contributed by atoms with E-state index >= 15 is 0 Å². The predicted octanol–water partition coefficient (Wildman–Crippen LogP) is 10.8. The maximum absolute atomic E-state index is 13.3. The maximum atomic E-state index is 13.3. The minimum Gasteiger partial charge on any atom is -0.493 e. The molecule has 242 valence electrons. The zero-order valence-electron chi connectivity index (χ0n) is 27.3. The fraction of sp³-hybridized carbons (Fsp3) is 0.316. The molecule has 0 bridgehead atoms. The number of hydrogen-bond donors (Lipinski definition) is 2. The van der Waals surface area contributed by atoms with Gasteiger partial charge in [-0.3, -0.25) is 9.59 Å². The quantitative estimate of drug-likeness (QED) is 0.143. The average Bonchev–Trinajstić information content (AvgIpc) is 3.00. The van der Waals surface area contributed by atoms with Crippen LogP contribution in [0.1, 0.15) is 72.4 Å². The minimum atomic E-state index is -0.230. The van der Waals surface area contributed by atoms with E-state index in [4.69, 9.17) is 9.47 Å². The van der Waals surface area contributed by atoms with Crippen molar-refractivity contribution in [3.05, 3.63) is 104 Å². The Morgan fingerprint density at radius 3 is 1.35 bits per heavy atom. The molecule has 0 aliphatic rings. The topological polar surface area (TPSA) is 76.7 Å². The molecular weight excluding hydrogens is 708 g/mol. The van der Waals surface area contributed by atoms with Crippen LogP contribution in [0, 0.1) is 25.7 Å². The first-order chi connectivity index (χ1) is 21.9. The van der Waals surface area contributed by atoms with Gasteiger partial charge in [-0.15, -0.1) is 0 Å². The van der Waals surface area contributed by atoms with Gasteiger partial charge >= 0.3 is 0 Å². The number of aryl methyl sites for hydroxylation is 2. The van der Waals surface area contributed by atoms with E-state index in [-0.39, 0.29) is 11.8 Å². The van der Waals surface area contributed by atoms with E-state index < -0.39 is 0 Å². The molecule has 0 fully saturated rings. The smallest absolute Gasteiger partial charge is 0.259 e. The first kappa shape index (κ1) is 35.2. The summed E-state index contributed by atoms with van der Waals surface area (Å²) in [6.45, 7) is 13.6. The zero-order valence-corrected chi connectivity index (χ0v) is 30.5. The molecule has 4 rings (SSSR count). The number of carbonyl (C=O) groups is 2. The number of rotatable bonds is 13. The minimum absolute atomic E-state index is 0.230. The number of nitrogens with one attached hydrogen (secondary N) is 2. The third kappa shape index (κ3) is 9.69. The van der Waals surface area contributed by atoms with E-state index in [0.717, 1.165) is 55.4 Å². The number of benzene rings is 4. The normalized spacial score (nSPS) is 11.1. The van der Waals surface area contributed by atoms with E-state index in [1.807, 2.05) is 74.5 Å². The second-order valence-electron chi connectivity index (χ2n) is 12.3. The number of ether oxygens (including phenoxy) is 2. The van der Waals surface area contributed by atoms with Crippen molar-refractivity contribution in [3.63, 3.8) is 0 Å². The number of carbonyl (C=O) groups excluding carboxylic acids is 2. The van der Waals surface area contributed by atoms with Crippen LogP contribution in [-0.4, -0.2) is 25.0 Å². The Hall–Kier alpha value is -3.62. The highest BCUT2D eigenvalue weighted by molar-refractivity contribution is 9.10. The molecule has 2 amide bonds. The molecule has 8 heteroatoms. The molecule has 4 aromatic rings. The number of anilines is 2. The molecule has 0 atom stereocenters. The number of amides is 2.